The third-order valence-electron chi connectivity index (χ3n) is 2.94. The van der Waals surface area contributed by atoms with E-state index < -0.39 is 0 Å². The topological polar surface area (TPSA) is 44.7 Å². The molecule has 3 heterocycles. The first-order valence-electron chi connectivity index (χ1n) is 6.19. The zero-order chi connectivity index (χ0) is 12.7. The molecule has 0 aliphatic carbocycles. The van der Waals surface area contributed by atoms with Gasteiger partial charge in [0.05, 0.1) is 0 Å². The molecule has 1 aromatic heterocycles. The summed E-state index contributed by atoms with van der Waals surface area (Å²) in [5.74, 6) is 0. The van der Waals surface area contributed by atoms with Crippen molar-refractivity contribution < 1.29 is 4.68 Å². The molecule has 18 heavy (non-hydrogen) atoms. The fourth-order valence-corrected chi connectivity index (χ4v) is 3.76. The van der Waals surface area contributed by atoms with Gasteiger partial charge in [-0.25, -0.2) is 0 Å². The quantitative estimate of drug-likeness (QED) is 0.801. The highest BCUT2D eigenvalue weighted by molar-refractivity contribution is 8.26. The largest absolute Gasteiger partial charge is 0.409 e. The van der Waals surface area contributed by atoms with E-state index in [-0.39, 0.29) is 6.17 Å². The molecule has 0 saturated carbocycles. The third kappa shape index (κ3) is 1.95. The minimum atomic E-state index is 0.197. The van der Waals surface area contributed by atoms with E-state index in [1.165, 1.54) is 12.8 Å². The average Bonchev–Trinajstić information content (AvgIpc) is 2.85. The Morgan fingerprint density at radius 2 is 2.22 bits per heavy atom. The molecule has 7 heteroatoms. The highest BCUT2D eigenvalue weighted by Crippen LogP contribution is 2.35. The lowest BCUT2D eigenvalue weighted by Crippen LogP contribution is -2.52. The lowest BCUT2D eigenvalue weighted by molar-refractivity contribution is -0.780. The molecule has 0 aromatic carbocycles. The minimum absolute atomic E-state index is 0.197. The van der Waals surface area contributed by atoms with Gasteiger partial charge in [-0.2, -0.15) is 10.1 Å². The average molecular weight is 282 g/mol. The van der Waals surface area contributed by atoms with Crippen LogP contribution in [0.3, 0.4) is 0 Å². The Morgan fingerprint density at radius 1 is 1.39 bits per heavy atom. The number of hydrazone groups is 1. The monoisotopic (exact) mass is 282 g/mol. The first-order chi connectivity index (χ1) is 8.69. The summed E-state index contributed by atoms with van der Waals surface area (Å²) in [4.78, 5) is 4.65. The van der Waals surface area contributed by atoms with Crippen molar-refractivity contribution in [1.29, 1.82) is 0 Å². The maximum absolute atomic E-state index is 4.65. The van der Waals surface area contributed by atoms with E-state index in [2.05, 4.69) is 22.1 Å². The first-order valence-corrected chi connectivity index (χ1v) is 7.82. The van der Waals surface area contributed by atoms with Crippen molar-refractivity contribution in [2.24, 2.45) is 10.1 Å². The van der Waals surface area contributed by atoms with Gasteiger partial charge in [0.25, 0.3) is 0 Å². The van der Waals surface area contributed by atoms with Crippen molar-refractivity contribution in [2.45, 2.75) is 46.2 Å². The molecular formula is C11H16N5S2+. The lowest BCUT2D eigenvalue weighted by atomic mass is 10.2. The third-order valence-corrected chi connectivity index (χ3v) is 4.61. The number of hydrogen-bond donors (Lipinski definition) is 0. The molecule has 0 saturated heterocycles. The SMILES string of the molecule is CCCCC1N2N=C(C)SC2=Nc2sc(C)n[n+]21. The number of aryl methyl sites for hydroxylation is 1. The van der Waals surface area contributed by atoms with Crippen LogP contribution in [-0.2, 0) is 0 Å². The molecule has 1 unspecified atom stereocenters. The molecule has 0 radical (unpaired) electrons. The van der Waals surface area contributed by atoms with Crippen molar-refractivity contribution in [2.75, 3.05) is 0 Å². The number of rotatable bonds is 3. The van der Waals surface area contributed by atoms with Crippen molar-refractivity contribution in [1.82, 2.24) is 10.1 Å². The summed E-state index contributed by atoms with van der Waals surface area (Å²) in [6.45, 7) is 6.27. The number of nitrogens with zero attached hydrogens (tertiary/aromatic N) is 5. The van der Waals surface area contributed by atoms with E-state index >= 15 is 0 Å². The molecule has 5 nitrogen and oxygen atoms in total. The smallest absolute Gasteiger partial charge is 0.174 e. The zero-order valence-corrected chi connectivity index (χ0v) is 12.4. The molecule has 2 aliphatic rings. The normalized spacial score (nSPS) is 21.5. The van der Waals surface area contributed by atoms with Crippen molar-refractivity contribution in [3.63, 3.8) is 0 Å². The summed E-state index contributed by atoms with van der Waals surface area (Å²) in [5, 5.41) is 15.3. The van der Waals surface area contributed by atoms with Crippen molar-refractivity contribution in [3.05, 3.63) is 5.01 Å². The Morgan fingerprint density at radius 3 is 3.00 bits per heavy atom. The van der Waals surface area contributed by atoms with Crippen LogP contribution in [0.2, 0.25) is 0 Å². The van der Waals surface area contributed by atoms with Crippen LogP contribution < -0.4 is 4.68 Å². The van der Waals surface area contributed by atoms with Gasteiger partial charge in [-0.1, -0.05) is 23.1 Å². The molecule has 0 N–H and O–H groups in total. The summed E-state index contributed by atoms with van der Waals surface area (Å²) in [6, 6.07) is 0. The Kier molecular flexibility index (Phi) is 3.11. The Labute approximate surface area is 115 Å². The van der Waals surface area contributed by atoms with Crippen LogP contribution in [-0.4, -0.2) is 20.3 Å². The van der Waals surface area contributed by atoms with Gasteiger partial charge in [-0.05, 0) is 43.4 Å². The van der Waals surface area contributed by atoms with E-state index in [1.54, 1.807) is 23.1 Å². The van der Waals surface area contributed by atoms with Crippen LogP contribution in [0.25, 0.3) is 0 Å². The van der Waals surface area contributed by atoms with E-state index in [1.807, 2.05) is 23.5 Å². The molecule has 0 spiro atoms. The Balaban J connectivity index is 2.00. The van der Waals surface area contributed by atoms with Crippen LogP contribution in [0, 0.1) is 6.92 Å². The molecule has 0 fully saturated rings. The van der Waals surface area contributed by atoms with E-state index in [0.717, 1.165) is 26.8 Å². The van der Waals surface area contributed by atoms with Gasteiger partial charge in [0, 0.05) is 11.4 Å². The second-order valence-corrected chi connectivity index (χ2v) is 6.75. The number of amidine groups is 1. The molecule has 0 bridgehead atoms. The van der Waals surface area contributed by atoms with Gasteiger partial charge in [-0.3, -0.25) is 0 Å². The first kappa shape index (κ1) is 12.1. The summed E-state index contributed by atoms with van der Waals surface area (Å²) in [5.41, 5.74) is 0. The summed E-state index contributed by atoms with van der Waals surface area (Å²) in [7, 11) is 0. The number of hydrogen-bond acceptors (Lipinski definition) is 6. The molecule has 3 rings (SSSR count). The van der Waals surface area contributed by atoms with Crippen LogP contribution >= 0.6 is 23.1 Å². The second-order valence-electron chi connectivity index (χ2n) is 4.43. The van der Waals surface area contributed by atoms with Crippen LogP contribution in [0.15, 0.2) is 10.1 Å². The van der Waals surface area contributed by atoms with Crippen LogP contribution in [0.5, 0.6) is 0 Å². The molecule has 2 aliphatic heterocycles. The van der Waals surface area contributed by atoms with E-state index in [0.29, 0.717) is 0 Å². The fourth-order valence-electron chi connectivity index (χ4n) is 2.14. The zero-order valence-electron chi connectivity index (χ0n) is 10.8. The van der Waals surface area contributed by atoms with Gasteiger partial charge < -0.3 is 0 Å². The number of unbranched alkanes of at least 4 members (excludes halogenated alkanes) is 1. The molecule has 96 valence electrons. The number of aliphatic imine (C=N–C) groups is 1. The van der Waals surface area contributed by atoms with Gasteiger partial charge in [0.1, 0.15) is 10.1 Å². The maximum Gasteiger partial charge on any atom is 0.409 e. The van der Waals surface area contributed by atoms with Gasteiger partial charge in [0.2, 0.25) is 6.17 Å². The van der Waals surface area contributed by atoms with Gasteiger partial charge in [0.15, 0.2) is 0 Å². The summed E-state index contributed by atoms with van der Waals surface area (Å²) >= 11 is 3.30. The minimum Gasteiger partial charge on any atom is -0.174 e. The predicted molar refractivity (Wildman–Crippen MR) is 75.2 cm³/mol. The predicted octanol–water partition coefficient (Wildman–Crippen LogP) is 2.81. The fraction of sp³-hybridized carbons (Fsp3) is 0.636. The molecule has 0 amide bonds. The van der Waals surface area contributed by atoms with Crippen LogP contribution in [0.1, 0.15) is 44.3 Å². The number of aromatic nitrogens is 2. The molecule has 1 atom stereocenters. The Hall–Kier alpha value is -0.950. The highest BCUT2D eigenvalue weighted by Gasteiger charge is 2.43. The standard InChI is InChI=1S/C11H16N5S2/c1-4-5-6-9-15-10(17-7(2)13-15)12-11-16(9)14-8(3)18-11/h9H,4-6H2,1-3H3/q+1. The summed E-state index contributed by atoms with van der Waals surface area (Å²) < 4.78 is 2.03. The van der Waals surface area contributed by atoms with Gasteiger partial charge in [-0.15, -0.1) is 0 Å². The Bertz CT molecular complexity index is 534. The molecular weight excluding hydrogens is 266 g/mol. The van der Waals surface area contributed by atoms with Crippen LogP contribution in [0.4, 0.5) is 5.13 Å². The van der Waals surface area contributed by atoms with Crippen molar-refractivity contribution >= 4 is 38.4 Å². The van der Waals surface area contributed by atoms with Gasteiger partial charge >= 0.3 is 10.3 Å². The van der Waals surface area contributed by atoms with E-state index in [4.69, 9.17) is 0 Å². The second kappa shape index (κ2) is 4.62. The maximum atomic E-state index is 4.65. The lowest BCUT2D eigenvalue weighted by Gasteiger charge is -2.22. The van der Waals surface area contributed by atoms with E-state index in [9.17, 15) is 0 Å². The highest BCUT2D eigenvalue weighted by atomic mass is 32.2. The number of thioether (sulfide) groups is 1. The molecule has 1 aromatic rings. The number of fused-ring (bicyclic) bond motifs is 2. The van der Waals surface area contributed by atoms with Crippen molar-refractivity contribution in [3.8, 4) is 0 Å². The summed E-state index contributed by atoms with van der Waals surface area (Å²) in [6.07, 6.45) is 3.62.